The van der Waals surface area contributed by atoms with E-state index in [0.717, 1.165) is 5.56 Å². The molecule has 1 aliphatic heterocycles. The summed E-state index contributed by atoms with van der Waals surface area (Å²) in [6, 6.07) is 14.7. The van der Waals surface area contributed by atoms with E-state index in [2.05, 4.69) is 18.8 Å². The summed E-state index contributed by atoms with van der Waals surface area (Å²) in [7, 11) is 0. The number of rotatable bonds is 7. The molecule has 0 aliphatic carbocycles. The summed E-state index contributed by atoms with van der Waals surface area (Å²) in [5, 5.41) is 9.94. The summed E-state index contributed by atoms with van der Waals surface area (Å²) < 4.78 is 0. The largest absolute Gasteiger partial charge is 0.394 e. The first kappa shape index (κ1) is 21.0. The van der Waals surface area contributed by atoms with Crippen LogP contribution in [0.3, 0.4) is 0 Å². The van der Waals surface area contributed by atoms with Gasteiger partial charge in [0, 0.05) is 32.1 Å². The zero-order valence-corrected chi connectivity index (χ0v) is 17.2. The Labute approximate surface area is 172 Å². The lowest BCUT2D eigenvalue weighted by Crippen LogP contribution is -2.68. The summed E-state index contributed by atoms with van der Waals surface area (Å²) in [6.07, 6.45) is 1.61. The fraction of sp³-hybridized carbons (Fsp3) is 0.435. The van der Waals surface area contributed by atoms with Gasteiger partial charge in [-0.25, -0.2) is 0 Å². The molecule has 0 saturated carbocycles. The second-order valence-corrected chi connectivity index (χ2v) is 8.00. The maximum atomic E-state index is 13.1. The molecule has 2 aromatic rings. The first-order chi connectivity index (χ1) is 13.9. The third-order valence-electron chi connectivity index (χ3n) is 5.44. The fourth-order valence-corrected chi connectivity index (χ4v) is 4.29. The van der Waals surface area contributed by atoms with E-state index in [9.17, 15) is 14.7 Å². The molecule has 1 aliphatic rings. The highest BCUT2D eigenvalue weighted by Gasteiger charge is 2.50. The van der Waals surface area contributed by atoms with Crippen LogP contribution in [-0.4, -0.2) is 63.5 Å². The van der Waals surface area contributed by atoms with Crippen molar-refractivity contribution in [1.82, 2.24) is 14.8 Å². The Balaban J connectivity index is 1.90. The van der Waals surface area contributed by atoms with E-state index >= 15 is 0 Å². The number of aliphatic hydroxyl groups excluding tert-OH is 1. The van der Waals surface area contributed by atoms with Crippen LogP contribution in [0.1, 0.15) is 42.7 Å². The van der Waals surface area contributed by atoms with Crippen LogP contribution < -0.4 is 0 Å². The number of benzene rings is 1. The van der Waals surface area contributed by atoms with Gasteiger partial charge in [-0.1, -0.05) is 50.2 Å². The molecule has 0 bridgehead atoms. The third kappa shape index (κ3) is 4.48. The van der Waals surface area contributed by atoms with Crippen LogP contribution in [0.15, 0.2) is 54.7 Å². The van der Waals surface area contributed by atoms with Crippen LogP contribution in [0.5, 0.6) is 0 Å². The predicted octanol–water partition coefficient (Wildman–Crippen LogP) is 2.56. The number of amides is 2. The van der Waals surface area contributed by atoms with E-state index in [4.69, 9.17) is 0 Å². The van der Waals surface area contributed by atoms with Gasteiger partial charge in [0.1, 0.15) is 5.69 Å². The summed E-state index contributed by atoms with van der Waals surface area (Å²) >= 11 is 0. The van der Waals surface area contributed by atoms with Crippen LogP contribution in [0, 0.1) is 5.92 Å². The summed E-state index contributed by atoms with van der Waals surface area (Å²) in [6.45, 7) is 6.52. The van der Waals surface area contributed by atoms with Gasteiger partial charge in [-0.05, 0) is 23.6 Å². The lowest BCUT2D eigenvalue weighted by Gasteiger charge is -2.55. The van der Waals surface area contributed by atoms with Crippen LogP contribution in [-0.2, 0) is 4.79 Å². The van der Waals surface area contributed by atoms with Gasteiger partial charge in [0.2, 0.25) is 5.91 Å². The Kier molecular flexibility index (Phi) is 6.64. The molecule has 1 aromatic heterocycles. The van der Waals surface area contributed by atoms with Crippen molar-refractivity contribution in [3.63, 3.8) is 0 Å². The van der Waals surface area contributed by atoms with Crippen molar-refractivity contribution in [3.8, 4) is 0 Å². The molecule has 29 heavy (non-hydrogen) atoms. The average molecular weight is 396 g/mol. The molecule has 6 heteroatoms. The predicted molar refractivity (Wildman–Crippen MR) is 111 cm³/mol. The molecule has 0 unspecified atom stereocenters. The molecule has 1 fully saturated rings. The molecule has 154 valence electrons. The number of likely N-dealkylation sites (tertiary alicyclic amines) is 1. The van der Waals surface area contributed by atoms with Crippen molar-refractivity contribution in [2.24, 2.45) is 5.92 Å². The molecule has 3 atom stereocenters. The Morgan fingerprint density at radius 1 is 1.10 bits per heavy atom. The third-order valence-corrected chi connectivity index (χ3v) is 5.44. The molecule has 0 radical (unpaired) electrons. The summed E-state index contributed by atoms with van der Waals surface area (Å²) in [5.74, 6) is 0.0340. The molecule has 2 heterocycles. The zero-order chi connectivity index (χ0) is 21.0. The average Bonchev–Trinajstić information content (AvgIpc) is 2.70. The normalized spacial score (nSPS) is 21.0. The fourth-order valence-electron chi connectivity index (χ4n) is 4.29. The number of hydrogen-bond acceptors (Lipinski definition) is 4. The van der Waals surface area contributed by atoms with E-state index in [0.29, 0.717) is 18.8 Å². The van der Waals surface area contributed by atoms with Crippen molar-refractivity contribution < 1.29 is 14.7 Å². The minimum atomic E-state index is -0.272. The zero-order valence-electron chi connectivity index (χ0n) is 17.2. The number of pyridine rings is 1. The van der Waals surface area contributed by atoms with E-state index < -0.39 is 0 Å². The monoisotopic (exact) mass is 395 g/mol. The van der Waals surface area contributed by atoms with Gasteiger partial charge in [-0.3, -0.25) is 14.6 Å². The number of nitrogens with zero attached hydrogens (tertiary/aromatic N) is 3. The topological polar surface area (TPSA) is 73.7 Å². The van der Waals surface area contributed by atoms with E-state index in [-0.39, 0.29) is 42.3 Å². The maximum Gasteiger partial charge on any atom is 0.272 e. The van der Waals surface area contributed by atoms with Gasteiger partial charge in [0.25, 0.3) is 5.91 Å². The molecular formula is C23H29N3O3. The van der Waals surface area contributed by atoms with Crippen molar-refractivity contribution in [2.75, 3.05) is 19.7 Å². The van der Waals surface area contributed by atoms with Gasteiger partial charge >= 0.3 is 0 Å². The SMILES string of the molecule is CC(=O)N1[C@@H](CO)[C@H](c2ccccc2)[C@@H]1CN(CC(C)C)C(=O)c1ccccn1. The van der Waals surface area contributed by atoms with Crippen LogP contribution in [0.2, 0.25) is 0 Å². The number of aromatic nitrogens is 1. The second-order valence-electron chi connectivity index (χ2n) is 8.00. The molecular weight excluding hydrogens is 366 g/mol. The van der Waals surface area contributed by atoms with Gasteiger partial charge in [0.15, 0.2) is 0 Å². The molecule has 1 aromatic carbocycles. The highest BCUT2D eigenvalue weighted by molar-refractivity contribution is 5.92. The van der Waals surface area contributed by atoms with Gasteiger partial charge in [-0.15, -0.1) is 0 Å². The van der Waals surface area contributed by atoms with Crippen molar-refractivity contribution in [1.29, 1.82) is 0 Å². The molecule has 1 saturated heterocycles. The number of hydrogen-bond donors (Lipinski definition) is 1. The summed E-state index contributed by atoms with van der Waals surface area (Å²) in [5.41, 5.74) is 1.47. The Morgan fingerprint density at radius 2 is 1.79 bits per heavy atom. The van der Waals surface area contributed by atoms with Crippen LogP contribution in [0.4, 0.5) is 0 Å². The van der Waals surface area contributed by atoms with Crippen molar-refractivity contribution in [2.45, 2.75) is 38.8 Å². The lowest BCUT2D eigenvalue weighted by atomic mass is 9.74. The maximum absolute atomic E-state index is 13.1. The molecule has 0 spiro atoms. The molecule has 2 amide bonds. The Morgan fingerprint density at radius 3 is 2.34 bits per heavy atom. The minimum absolute atomic E-state index is 0.0173. The van der Waals surface area contributed by atoms with Crippen LogP contribution in [0.25, 0.3) is 0 Å². The highest BCUT2D eigenvalue weighted by atomic mass is 16.3. The van der Waals surface area contributed by atoms with Crippen molar-refractivity contribution in [3.05, 3.63) is 66.0 Å². The first-order valence-corrected chi connectivity index (χ1v) is 10.1. The minimum Gasteiger partial charge on any atom is -0.394 e. The van der Waals surface area contributed by atoms with Gasteiger partial charge in [-0.2, -0.15) is 0 Å². The quantitative estimate of drug-likeness (QED) is 0.782. The summed E-state index contributed by atoms with van der Waals surface area (Å²) in [4.78, 5) is 33.2. The number of aliphatic hydroxyl groups is 1. The van der Waals surface area contributed by atoms with Crippen LogP contribution >= 0.6 is 0 Å². The second kappa shape index (κ2) is 9.18. The van der Waals surface area contributed by atoms with Gasteiger partial charge < -0.3 is 14.9 Å². The number of carbonyl (C=O) groups excluding carboxylic acids is 2. The lowest BCUT2D eigenvalue weighted by molar-refractivity contribution is -0.149. The van der Waals surface area contributed by atoms with E-state index in [1.165, 1.54) is 6.92 Å². The standard InChI is InChI=1S/C23H29N3O3/c1-16(2)13-25(23(29)19-11-7-8-12-24-19)14-20-22(18-9-5-4-6-10-18)21(15-27)26(20)17(3)28/h4-12,16,20-22,27H,13-15H2,1-3H3/t20-,21-,22+/m0/s1. The smallest absolute Gasteiger partial charge is 0.272 e. The Bertz CT molecular complexity index is 826. The first-order valence-electron chi connectivity index (χ1n) is 10.1. The number of carbonyl (C=O) groups is 2. The van der Waals surface area contributed by atoms with E-state index in [1.54, 1.807) is 34.2 Å². The Hall–Kier alpha value is -2.73. The van der Waals surface area contributed by atoms with E-state index in [1.807, 2.05) is 30.3 Å². The van der Waals surface area contributed by atoms with Gasteiger partial charge in [0.05, 0.1) is 18.7 Å². The molecule has 6 nitrogen and oxygen atoms in total. The molecule has 1 N–H and O–H groups in total. The van der Waals surface area contributed by atoms with Crippen molar-refractivity contribution >= 4 is 11.8 Å². The molecule has 3 rings (SSSR count). The highest BCUT2D eigenvalue weighted by Crippen LogP contribution is 2.41.